The van der Waals surface area contributed by atoms with Gasteiger partial charge in [-0.1, -0.05) is 65.9 Å². The lowest BCUT2D eigenvalue weighted by atomic mass is 9.87. The first-order valence-corrected chi connectivity index (χ1v) is 39.7. The van der Waals surface area contributed by atoms with E-state index in [0.29, 0.717) is 74.1 Å². The number of hydrogen-bond acceptors (Lipinski definition) is 19. The maximum atomic E-state index is 16.4. The number of aliphatic hydroxyl groups is 1. The minimum absolute atomic E-state index is 0. The van der Waals surface area contributed by atoms with Crippen molar-refractivity contribution in [1.29, 1.82) is 0 Å². The van der Waals surface area contributed by atoms with Gasteiger partial charge in [-0.2, -0.15) is 0 Å². The molecule has 0 unspecified atom stereocenters. The number of likely N-dealkylation sites (N-methyl/N-ethyl adjacent to an activating group) is 1. The van der Waals surface area contributed by atoms with Crippen molar-refractivity contribution in [1.82, 2.24) is 71.9 Å². The average molecular weight is 1620 g/mol. The molecule has 12 rings (SSSR count). The maximum Gasteiger partial charge on any atom is 0.246 e. The fraction of sp³-hybridized carbons (Fsp3) is 0.512. The number of ketones is 2. The van der Waals surface area contributed by atoms with Gasteiger partial charge in [0.25, 0.3) is 0 Å². The molecule has 14 bridgehead atoms. The van der Waals surface area contributed by atoms with Crippen molar-refractivity contribution in [2.75, 3.05) is 94.0 Å². The summed E-state index contributed by atoms with van der Waals surface area (Å²) in [7, 11) is 7.59. The number of rotatable bonds is 15. The molecular formula is C84H110FN15O17. The number of benzene rings is 4. The van der Waals surface area contributed by atoms with Crippen molar-refractivity contribution in [2.24, 2.45) is 11.8 Å². The molecule has 630 valence electrons. The summed E-state index contributed by atoms with van der Waals surface area (Å²) < 4.78 is 43.1. The molecule has 0 saturated carbocycles. The number of nitrogens with one attached hydrogen (secondary N) is 8. The third-order valence-corrected chi connectivity index (χ3v) is 22.1. The summed E-state index contributed by atoms with van der Waals surface area (Å²) in [4.78, 5) is 182. The molecule has 10 amide bonds. The van der Waals surface area contributed by atoms with Crippen LogP contribution < -0.4 is 47.3 Å². The normalized spacial score (nSPS) is 24.5. The molecule has 32 nitrogen and oxygen atoms in total. The van der Waals surface area contributed by atoms with Crippen molar-refractivity contribution in [3.05, 3.63) is 156 Å². The second-order valence-electron chi connectivity index (χ2n) is 31.9. The molecule has 11 atom stereocenters. The first-order chi connectivity index (χ1) is 55.5. The smallest absolute Gasteiger partial charge is 0.246 e. The van der Waals surface area contributed by atoms with Crippen LogP contribution in [0.1, 0.15) is 117 Å². The highest BCUT2D eigenvalue weighted by atomic mass is 19.1. The monoisotopic (exact) mass is 1620 g/mol. The molecule has 9 N–H and O–H groups in total. The van der Waals surface area contributed by atoms with Crippen LogP contribution in [0.25, 0.3) is 10.9 Å². The summed E-state index contributed by atoms with van der Waals surface area (Å²) >= 11 is 0. The highest BCUT2D eigenvalue weighted by Crippen LogP contribution is 2.35. The van der Waals surface area contributed by atoms with E-state index in [1.165, 1.54) is 47.6 Å². The number of Topliss-reactive ketones (excluding diaryl/α,β-unsaturated/α-hetero) is 2. The fourth-order valence-corrected chi connectivity index (χ4v) is 15.5. The molecule has 2 aromatic heterocycles. The van der Waals surface area contributed by atoms with Gasteiger partial charge in [-0.05, 0) is 123 Å². The third-order valence-electron chi connectivity index (χ3n) is 22.1. The van der Waals surface area contributed by atoms with Gasteiger partial charge in [0.05, 0.1) is 104 Å². The highest BCUT2D eigenvalue weighted by molar-refractivity contribution is 6.00. The molecule has 6 aromatic rings. The van der Waals surface area contributed by atoms with E-state index in [0.717, 1.165) is 12.1 Å². The average Bonchev–Trinajstić information content (AvgIpc) is 1.63. The predicted molar refractivity (Wildman–Crippen MR) is 426 cm³/mol. The Morgan fingerprint density at radius 2 is 1.46 bits per heavy atom. The minimum atomic E-state index is -1.67. The van der Waals surface area contributed by atoms with E-state index < -0.39 is 175 Å². The molecule has 8 heterocycles. The second kappa shape index (κ2) is 40.3. The number of halogens is 1. The molecule has 4 aromatic carbocycles. The van der Waals surface area contributed by atoms with Crippen LogP contribution in [-0.2, 0) is 117 Å². The van der Waals surface area contributed by atoms with E-state index in [9.17, 15) is 33.9 Å². The number of carbonyl (C=O) groups is 12. The van der Waals surface area contributed by atoms with Gasteiger partial charge in [0.1, 0.15) is 60.1 Å². The van der Waals surface area contributed by atoms with Crippen LogP contribution in [0.4, 0.5) is 4.39 Å². The van der Waals surface area contributed by atoms with Gasteiger partial charge in [0, 0.05) is 94.3 Å². The number of ether oxygens (including phenoxy) is 4. The van der Waals surface area contributed by atoms with Crippen LogP contribution in [0.2, 0.25) is 0 Å². The first kappa shape index (κ1) is 88.5. The Morgan fingerprint density at radius 1 is 0.735 bits per heavy atom. The van der Waals surface area contributed by atoms with Gasteiger partial charge >= 0.3 is 0 Å². The number of aliphatic hydroxyl groups excluding tert-OH is 1. The Hall–Kier alpha value is -10.9. The molecule has 0 radical (unpaired) electrons. The van der Waals surface area contributed by atoms with Crippen LogP contribution in [0.5, 0.6) is 5.75 Å². The van der Waals surface area contributed by atoms with Crippen LogP contribution >= 0.6 is 0 Å². The molecule has 33 heteroatoms. The van der Waals surface area contributed by atoms with Gasteiger partial charge in [0.2, 0.25) is 59.1 Å². The Balaban J connectivity index is 0.0000144. The zero-order valence-electron chi connectivity index (χ0n) is 67.8. The lowest BCUT2D eigenvalue weighted by Crippen LogP contribution is -2.60. The number of amides is 10. The van der Waals surface area contributed by atoms with Crippen molar-refractivity contribution in [3.8, 4) is 5.75 Å². The number of hydrogen-bond donors (Lipinski definition) is 9. The molecule has 117 heavy (non-hydrogen) atoms. The molecule has 6 aliphatic heterocycles. The van der Waals surface area contributed by atoms with E-state index in [1.54, 1.807) is 90.6 Å². The zero-order chi connectivity index (χ0) is 83.0. The third kappa shape index (κ3) is 23.7. The van der Waals surface area contributed by atoms with E-state index in [-0.39, 0.29) is 111 Å². The Labute approximate surface area is 679 Å². The summed E-state index contributed by atoms with van der Waals surface area (Å²) in [6.07, 6.45) is -1.73. The minimum Gasteiger partial charge on any atom is -0.497 e. The van der Waals surface area contributed by atoms with Crippen molar-refractivity contribution < 1.29 is 90.5 Å². The molecular weight excluding hydrogens is 1510 g/mol. The van der Waals surface area contributed by atoms with Gasteiger partial charge in [0.15, 0.2) is 11.6 Å². The lowest BCUT2D eigenvalue weighted by molar-refractivity contribution is -0.870. The fourth-order valence-electron chi connectivity index (χ4n) is 15.5. The standard InChI is InChI=1S/C83H106FN15O17.CH3/c1-50-77(107)92-66(44-87-72(103)26-32-114-34-35-115-33-31-99(4,5)6)79(109)90-64-38-54-10-8-11-55(36-54)43-86-75(106)49-116-71-25-30-97-76(71)70(102)42-62(51(2)100)78(108)91-65(37-53-14-19-61(113-7)20-15-53)81(111)98-29-9-27-83(98,3)82(112)85-28-24-52-12-16-56(17-13-52)67(89-74(105)23-22-73(104)88-50)48-96-47-60(93-94-96)46-95-45-58(39-57(80(97)110)40-69(64)101)63-41-59(84)18-21-68(63)95;/h8,10-21,36,41,45,47,50-51,57,62,64-67,71,76,100H,9,22-35,37-40,42-44,46,48-49H2,1-7H3,(H7-,85,86,87,88,89,90,91,92,103,104,105,106,107,108,109,112);1H3/q;-1/p+1/t50-,51+,57+,62-,64-,65-,66+,67+,71-,76+,83-;/m0./s1. The van der Waals surface area contributed by atoms with Gasteiger partial charge in [-0.15, -0.1) is 5.10 Å². The zero-order valence-corrected chi connectivity index (χ0v) is 67.8. The summed E-state index contributed by atoms with van der Waals surface area (Å²) in [6.45, 7) is 4.70. The Kier molecular flexibility index (Phi) is 30.5. The van der Waals surface area contributed by atoms with Crippen molar-refractivity contribution >= 4 is 81.5 Å². The molecule has 0 aliphatic carbocycles. The first-order valence-electron chi connectivity index (χ1n) is 39.7. The number of aromatic nitrogens is 4. The number of carbonyl (C=O) groups excluding carboxylic acids is 12. The number of fused-ring (bicyclic) bond motifs is 16. The van der Waals surface area contributed by atoms with Crippen molar-refractivity contribution in [3.63, 3.8) is 0 Å². The summed E-state index contributed by atoms with van der Waals surface area (Å²) in [6, 6.07) is 16.4. The molecule has 2 fully saturated rings. The SMILES string of the molecule is COc1ccc(C[C@@H]2NC(=O)[C@H]([C@@H](C)O)CC(=O)[C@@H]3[C@@H]4CCN3C(=O)[C@H]3CC(=O)[C@H](Cc5cccc(c5)CNC(=O)CO4)NC(=O)[C@@H](CNC(=O)CCOCCOCC[N+](C)(C)C)NC(=O)[C@H](C)NC(=O)CCC(=O)N[C@H](Cn4cc(nn4)Cn4cc(c5cc(F)ccc54)C3)c3ccc(cc3)CCNC(=O)[C@]3(C)CCCN3C2=O)cc1.[CH3-]. The quantitative estimate of drug-likeness (QED) is 0.0403. The van der Waals surface area contributed by atoms with Crippen LogP contribution in [0.3, 0.4) is 0 Å². The van der Waals surface area contributed by atoms with E-state index >= 15 is 33.2 Å². The van der Waals surface area contributed by atoms with Gasteiger partial charge < -0.3 is 92.9 Å². The maximum absolute atomic E-state index is 16.4. The van der Waals surface area contributed by atoms with E-state index in [1.807, 2.05) is 33.3 Å². The predicted octanol–water partition coefficient (Wildman–Crippen LogP) is 1.96. The Bertz CT molecular complexity index is 4570. The number of nitrogens with zero attached hydrogens (tertiary/aromatic N) is 7. The topological polar surface area (TPSA) is 400 Å². The van der Waals surface area contributed by atoms with Crippen LogP contribution in [-0.4, -0.2) is 252 Å². The summed E-state index contributed by atoms with van der Waals surface area (Å²) in [5.41, 5.74) is 2.75. The Morgan fingerprint density at radius 3 is 2.20 bits per heavy atom. The van der Waals surface area contributed by atoms with Crippen LogP contribution in [0.15, 0.2) is 103 Å². The number of methoxy groups -OCH3 is 1. The summed E-state index contributed by atoms with van der Waals surface area (Å²) in [5, 5.41) is 43.6. The van der Waals surface area contributed by atoms with Crippen LogP contribution in [0, 0.1) is 25.1 Å². The van der Waals surface area contributed by atoms with E-state index in [4.69, 9.17) is 18.9 Å². The largest absolute Gasteiger partial charge is 0.497 e. The van der Waals surface area contributed by atoms with Gasteiger partial charge in [-0.25, -0.2) is 9.07 Å². The van der Waals surface area contributed by atoms with Gasteiger partial charge in [-0.3, -0.25) is 57.5 Å². The highest BCUT2D eigenvalue weighted by Gasteiger charge is 2.50. The molecule has 0 spiro atoms. The lowest BCUT2D eigenvalue weighted by Gasteiger charge is -2.37. The second-order valence-corrected chi connectivity index (χ2v) is 31.9. The molecule has 6 aliphatic rings. The van der Waals surface area contributed by atoms with Crippen molar-refractivity contribution in [2.45, 2.75) is 171 Å². The summed E-state index contributed by atoms with van der Waals surface area (Å²) in [5.74, 6) is -12.0. The number of quaternary nitrogens is 1. The van der Waals surface area contributed by atoms with E-state index in [2.05, 4.69) is 52.8 Å². The molecule has 2 saturated heterocycles.